The molecule has 0 spiro atoms. The number of aromatic carboxylic acids is 1. The molecule has 0 fully saturated rings. The molecule has 0 atom stereocenters. The van der Waals surface area contributed by atoms with Crippen molar-refractivity contribution in [2.24, 2.45) is 0 Å². The number of carboxylic acids is 1. The van der Waals surface area contributed by atoms with Gasteiger partial charge in [-0.25, -0.2) is 9.78 Å². The molecule has 0 aliphatic rings. The van der Waals surface area contributed by atoms with Crippen LogP contribution in [0.5, 0.6) is 5.88 Å². The molecular weight excluding hydrogens is 560 g/mol. The maximum atomic E-state index is 13.2. The van der Waals surface area contributed by atoms with Crippen LogP contribution in [0.3, 0.4) is 0 Å². The van der Waals surface area contributed by atoms with Crippen LogP contribution in [0.15, 0.2) is 58.1 Å². The van der Waals surface area contributed by atoms with Gasteiger partial charge in [-0.2, -0.15) is 4.52 Å². The third kappa shape index (κ3) is 5.72. The predicted octanol–water partition coefficient (Wildman–Crippen LogP) is 0.487. The van der Waals surface area contributed by atoms with Crippen molar-refractivity contribution >= 4 is 34.8 Å². The lowest BCUT2D eigenvalue weighted by molar-refractivity contribution is 0.0695. The molecule has 15 heteroatoms. The maximum Gasteiger partial charge on any atom is 0.335 e. The molecule has 5 aromatic rings. The first-order valence-corrected chi connectivity index (χ1v) is 12.8. The van der Waals surface area contributed by atoms with Crippen molar-refractivity contribution in [1.82, 2.24) is 30.4 Å². The van der Waals surface area contributed by atoms with Crippen LogP contribution < -0.4 is 32.5 Å². The van der Waals surface area contributed by atoms with E-state index in [2.05, 4.69) is 31.2 Å². The smallest absolute Gasteiger partial charge is 0.335 e. The number of aromatic nitrogens is 4. The Kier molecular flexibility index (Phi) is 7.53. The van der Waals surface area contributed by atoms with Gasteiger partial charge in [-0.05, 0) is 35.2 Å². The second-order valence-electron chi connectivity index (χ2n) is 9.62. The minimum atomic E-state index is -1.06. The Hall–Kier alpha value is -6.12. The van der Waals surface area contributed by atoms with Gasteiger partial charge >= 0.3 is 5.97 Å². The lowest BCUT2D eigenvalue weighted by Crippen LogP contribution is -2.36. The number of aromatic hydroxyl groups is 1. The Morgan fingerprint density at radius 2 is 1.58 bits per heavy atom. The van der Waals surface area contributed by atoms with E-state index in [1.54, 1.807) is 43.3 Å². The summed E-state index contributed by atoms with van der Waals surface area (Å²) in [7, 11) is 0. The molecular formula is C28H24N8O7. The molecule has 0 unspecified atom stereocenters. The van der Waals surface area contributed by atoms with Crippen LogP contribution in [-0.2, 0) is 19.6 Å². The first-order valence-electron chi connectivity index (χ1n) is 12.8. The van der Waals surface area contributed by atoms with Gasteiger partial charge in [0.15, 0.2) is 0 Å². The maximum absolute atomic E-state index is 13.2. The highest BCUT2D eigenvalue weighted by molar-refractivity contribution is 5.98. The van der Waals surface area contributed by atoms with Crippen LogP contribution in [-0.4, -0.2) is 47.8 Å². The second kappa shape index (κ2) is 11.4. The van der Waals surface area contributed by atoms with Crippen LogP contribution in [0.1, 0.15) is 53.6 Å². The van der Waals surface area contributed by atoms with E-state index in [4.69, 9.17) is 5.73 Å². The number of nitrogens with zero attached hydrogens (tertiary/aromatic N) is 4. The number of amides is 2. The standard InChI is InChI=1S/C28H24N8O7/c1-13-7-16(5-6-17(13)28(42)43)12-31-25(39)18-9-19(36-24(33-18)27(41)34-35-36)26(40)32-11-15-4-2-3-14(8-15)10-30-21-20(29)22(37)23(21)38/h2-9,30,41H,10-12,29H2,1H3,(H,31,39)(H,32,40)(H,42,43). The number of carbonyl (C=O) groups excluding carboxylic acids is 2. The molecule has 0 saturated carbocycles. The number of rotatable bonds is 10. The van der Waals surface area contributed by atoms with Crippen molar-refractivity contribution in [2.45, 2.75) is 26.6 Å². The summed E-state index contributed by atoms with van der Waals surface area (Å²) in [6.45, 7) is 2.00. The van der Waals surface area contributed by atoms with Crippen molar-refractivity contribution in [3.8, 4) is 5.88 Å². The van der Waals surface area contributed by atoms with Crippen LogP contribution in [0, 0.1) is 6.92 Å². The highest BCUT2D eigenvalue weighted by Gasteiger charge is 2.21. The normalized spacial score (nSPS) is 11.0. The molecule has 15 nitrogen and oxygen atoms in total. The molecule has 7 N–H and O–H groups in total. The summed E-state index contributed by atoms with van der Waals surface area (Å²) in [5.74, 6) is -2.92. The lowest BCUT2D eigenvalue weighted by Gasteiger charge is -2.12. The predicted molar refractivity (Wildman–Crippen MR) is 152 cm³/mol. The highest BCUT2D eigenvalue weighted by atomic mass is 16.4. The van der Waals surface area contributed by atoms with Crippen molar-refractivity contribution in [1.29, 1.82) is 0 Å². The number of fused-ring (bicyclic) bond motifs is 1. The van der Waals surface area contributed by atoms with E-state index >= 15 is 0 Å². The number of carbonyl (C=O) groups is 3. The van der Waals surface area contributed by atoms with E-state index < -0.39 is 34.5 Å². The monoisotopic (exact) mass is 584 g/mol. The van der Waals surface area contributed by atoms with Gasteiger partial charge in [0.25, 0.3) is 28.6 Å². The highest BCUT2D eigenvalue weighted by Crippen LogP contribution is 2.17. The topological polar surface area (TPSA) is 231 Å². The largest absolute Gasteiger partial charge is 0.489 e. The molecule has 2 amide bonds. The van der Waals surface area contributed by atoms with Gasteiger partial charge in [-0.1, -0.05) is 46.7 Å². The Bertz CT molecular complexity index is 1990. The van der Waals surface area contributed by atoms with Crippen LogP contribution >= 0.6 is 0 Å². The van der Waals surface area contributed by atoms with E-state index in [9.17, 15) is 34.2 Å². The second-order valence-corrected chi connectivity index (χ2v) is 9.62. The van der Waals surface area contributed by atoms with E-state index in [1.807, 2.05) is 0 Å². The number of nitrogens with two attached hydrogens (primary N) is 1. The average Bonchev–Trinajstić information content (AvgIpc) is 3.38. The van der Waals surface area contributed by atoms with Gasteiger partial charge in [-0.15, -0.1) is 0 Å². The van der Waals surface area contributed by atoms with E-state index in [0.717, 1.165) is 10.1 Å². The Morgan fingerprint density at radius 3 is 2.26 bits per heavy atom. The molecule has 0 bridgehead atoms. The van der Waals surface area contributed by atoms with Crippen molar-refractivity contribution in [3.63, 3.8) is 0 Å². The van der Waals surface area contributed by atoms with Crippen molar-refractivity contribution in [3.05, 3.63) is 108 Å². The summed E-state index contributed by atoms with van der Waals surface area (Å²) < 4.78 is 1.00. The fourth-order valence-corrected chi connectivity index (χ4v) is 4.39. The number of hydrogen-bond donors (Lipinski definition) is 6. The number of aryl methyl sites for hydroxylation is 1. The molecule has 5 rings (SSSR count). The van der Waals surface area contributed by atoms with Crippen molar-refractivity contribution < 1.29 is 24.6 Å². The fourth-order valence-electron chi connectivity index (χ4n) is 4.39. The van der Waals surface area contributed by atoms with Gasteiger partial charge in [0.05, 0.1) is 5.56 Å². The molecule has 0 aliphatic carbocycles. The van der Waals surface area contributed by atoms with Crippen LogP contribution in [0.2, 0.25) is 0 Å². The lowest BCUT2D eigenvalue weighted by atomic mass is 10.1. The SMILES string of the molecule is Cc1cc(CNC(=O)c2cc(C(=O)NCc3cccc(CNc4c(N)c(=O)c4=O)c3)n3nnc(O)c3n2)ccc1C(=O)O. The zero-order valence-electron chi connectivity index (χ0n) is 22.5. The molecule has 0 radical (unpaired) electrons. The number of carboxylic acid groups (broad SMARTS) is 1. The third-order valence-electron chi connectivity index (χ3n) is 6.66. The van der Waals surface area contributed by atoms with Gasteiger partial charge < -0.3 is 31.9 Å². The first kappa shape index (κ1) is 28.4. The summed E-state index contributed by atoms with van der Waals surface area (Å²) in [5, 5.41) is 34.8. The first-order chi connectivity index (χ1) is 20.5. The number of nitrogen functional groups attached to an aromatic ring is 1. The molecule has 0 saturated heterocycles. The Labute approximate surface area is 241 Å². The summed E-state index contributed by atoms with van der Waals surface area (Å²) >= 11 is 0. The fraction of sp³-hybridized carbons (Fsp3) is 0.143. The van der Waals surface area contributed by atoms with Crippen molar-refractivity contribution in [2.75, 3.05) is 11.1 Å². The minimum Gasteiger partial charge on any atom is -0.489 e. The number of hydrogen-bond acceptors (Lipinski definition) is 11. The molecule has 2 aromatic heterocycles. The quantitative estimate of drug-likeness (QED) is 0.123. The van der Waals surface area contributed by atoms with Crippen LogP contribution in [0.4, 0.5) is 11.4 Å². The molecule has 218 valence electrons. The zero-order valence-corrected chi connectivity index (χ0v) is 22.5. The van der Waals surface area contributed by atoms with Gasteiger partial charge in [0.1, 0.15) is 22.8 Å². The molecule has 3 aromatic carbocycles. The summed E-state index contributed by atoms with van der Waals surface area (Å²) in [5.41, 5.74) is 6.44. The van der Waals surface area contributed by atoms with E-state index in [1.165, 1.54) is 12.1 Å². The number of benzene rings is 2. The minimum absolute atomic E-state index is 0.0526. The zero-order chi connectivity index (χ0) is 30.8. The summed E-state index contributed by atoms with van der Waals surface area (Å²) in [6.07, 6.45) is 0. The molecule has 0 aliphatic heterocycles. The van der Waals surface area contributed by atoms with Crippen LogP contribution in [0.25, 0.3) is 5.65 Å². The van der Waals surface area contributed by atoms with Gasteiger partial charge in [0, 0.05) is 25.7 Å². The van der Waals surface area contributed by atoms with Gasteiger partial charge in [-0.3, -0.25) is 19.2 Å². The molecule has 2 heterocycles. The summed E-state index contributed by atoms with van der Waals surface area (Å²) in [4.78, 5) is 64.4. The van der Waals surface area contributed by atoms with Gasteiger partial charge in [0.2, 0.25) is 5.65 Å². The molecule has 43 heavy (non-hydrogen) atoms. The number of nitrogens with one attached hydrogen (secondary N) is 3. The third-order valence-corrected chi connectivity index (χ3v) is 6.66. The Morgan fingerprint density at radius 1 is 0.907 bits per heavy atom. The number of anilines is 2. The Balaban J connectivity index is 1.28. The van der Waals surface area contributed by atoms with E-state index in [-0.39, 0.29) is 53.6 Å². The average molecular weight is 585 g/mol. The summed E-state index contributed by atoms with van der Waals surface area (Å²) in [6, 6.07) is 13.0. The van der Waals surface area contributed by atoms with E-state index in [0.29, 0.717) is 16.7 Å².